The molecule has 0 aliphatic carbocycles. The molecule has 0 atom stereocenters. The van der Waals surface area contributed by atoms with Gasteiger partial charge in [-0.15, -0.1) is 10.2 Å². The molecule has 0 aliphatic heterocycles. The minimum absolute atomic E-state index is 0.158. The molecule has 0 saturated carbocycles. The first-order valence-corrected chi connectivity index (χ1v) is 6.87. The van der Waals surface area contributed by atoms with Gasteiger partial charge >= 0.3 is 0 Å². The second kappa shape index (κ2) is 8.45. The maximum atomic E-state index is 13.5. The lowest BCUT2D eigenvalue weighted by Gasteiger charge is -2.12. The summed E-state index contributed by atoms with van der Waals surface area (Å²) in [6.07, 6.45) is 2.22. The molecule has 0 unspecified atom stereocenters. The van der Waals surface area contributed by atoms with Gasteiger partial charge in [0.15, 0.2) is 0 Å². The van der Waals surface area contributed by atoms with Crippen LogP contribution in [0.2, 0.25) is 0 Å². The van der Waals surface area contributed by atoms with E-state index in [1.165, 1.54) is 18.3 Å². The summed E-state index contributed by atoms with van der Waals surface area (Å²) in [6.45, 7) is 1.31. The van der Waals surface area contributed by atoms with Gasteiger partial charge in [-0.25, -0.2) is 4.39 Å². The molecule has 0 spiro atoms. The van der Waals surface area contributed by atoms with E-state index in [4.69, 9.17) is 10.00 Å². The Morgan fingerprint density at radius 1 is 1.48 bits per heavy atom. The Hall–Kier alpha value is -2.99. The third-order valence-electron chi connectivity index (χ3n) is 2.90. The number of aromatic amines is 1. The molecule has 120 valence electrons. The lowest BCUT2D eigenvalue weighted by Crippen LogP contribution is -2.07. The Balaban J connectivity index is 2.11. The number of nitrogens with one attached hydrogen (secondary N) is 3. The summed E-state index contributed by atoms with van der Waals surface area (Å²) in [4.78, 5) is 0. The molecular weight excluding hydrogens is 301 g/mol. The summed E-state index contributed by atoms with van der Waals surface area (Å²) in [5.74, 6) is -0.229. The van der Waals surface area contributed by atoms with E-state index in [-0.39, 0.29) is 17.2 Å². The summed E-state index contributed by atoms with van der Waals surface area (Å²) in [5, 5.41) is 28.3. The van der Waals surface area contributed by atoms with Crippen LogP contribution >= 0.6 is 0 Å². The van der Waals surface area contributed by atoms with E-state index in [0.717, 1.165) is 6.42 Å². The number of anilines is 2. The van der Waals surface area contributed by atoms with Gasteiger partial charge in [0.25, 0.3) is 0 Å². The first-order valence-electron chi connectivity index (χ1n) is 6.87. The molecule has 0 aliphatic rings. The molecule has 2 rings (SSSR count). The highest BCUT2D eigenvalue weighted by Crippen LogP contribution is 2.23. The van der Waals surface area contributed by atoms with E-state index in [2.05, 4.69) is 31.3 Å². The maximum absolute atomic E-state index is 13.5. The minimum atomic E-state index is -0.388. The molecular formula is C14H16FN7O. The predicted molar refractivity (Wildman–Crippen MR) is 82.8 cm³/mol. The van der Waals surface area contributed by atoms with Gasteiger partial charge < -0.3 is 15.4 Å². The van der Waals surface area contributed by atoms with E-state index in [1.807, 2.05) is 6.07 Å². The van der Waals surface area contributed by atoms with Crippen molar-refractivity contribution >= 4 is 16.9 Å². The zero-order valence-corrected chi connectivity index (χ0v) is 12.5. The molecule has 1 aromatic heterocycles. The highest BCUT2D eigenvalue weighted by molar-refractivity contribution is 5.77. The van der Waals surface area contributed by atoms with Crippen molar-refractivity contribution < 1.29 is 9.13 Å². The third kappa shape index (κ3) is 4.76. The van der Waals surface area contributed by atoms with Crippen LogP contribution in [-0.4, -0.2) is 40.9 Å². The summed E-state index contributed by atoms with van der Waals surface area (Å²) in [7, 11) is 1.64. The Bertz CT molecular complexity index is 694. The molecule has 9 heteroatoms. The lowest BCUT2D eigenvalue weighted by atomic mass is 10.2. The van der Waals surface area contributed by atoms with E-state index >= 15 is 0 Å². The molecule has 1 aromatic carbocycles. The first kappa shape index (κ1) is 16.4. The third-order valence-corrected chi connectivity index (χ3v) is 2.90. The second-order valence-electron chi connectivity index (χ2n) is 4.51. The number of hydrogen-bond acceptors (Lipinski definition) is 7. The lowest BCUT2D eigenvalue weighted by molar-refractivity contribution is 0.198. The van der Waals surface area contributed by atoms with Crippen LogP contribution in [-0.2, 0) is 4.74 Å². The van der Waals surface area contributed by atoms with Crippen molar-refractivity contribution in [3.05, 3.63) is 36.0 Å². The highest BCUT2D eigenvalue weighted by Gasteiger charge is 2.07. The van der Waals surface area contributed by atoms with Gasteiger partial charge in [0.05, 0.1) is 11.4 Å². The first-order chi connectivity index (χ1) is 11.2. The van der Waals surface area contributed by atoms with Gasteiger partial charge in [-0.05, 0) is 29.8 Å². The zero-order chi connectivity index (χ0) is 16.5. The molecule has 2 aromatic rings. The molecule has 3 N–H and O–H groups in total. The molecule has 0 amide bonds. The van der Waals surface area contributed by atoms with Gasteiger partial charge in [0.2, 0.25) is 5.82 Å². The van der Waals surface area contributed by atoms with E-state index in [9.17, 15) is 4.39 Å². The van der Waals surface area contributed by atoms with Crippen LogP contribution < -0.4 is 10.6 Å². The van der Waals surface area contributed by atoms with Gasteiger partial charge in [-0.2, -0.15) is 10.5 Å². The summed E-state index contributed by atoms with van der Waals surface area (Å²) < 4.78 is 18.4. The highest BCUT2D eigenvalue weighted by atomic mass is 19.1. The fraction of sp³-hybridized carbons (Fsp3) is 0.286. The molecule has 0 radical (unpaired) electrons. The number of nitrogens with zero attached hydrogens (tertiary/aromatic N) is 4. The van der Waals surface area contributed by atoms with Crippen molar-refractivity contribution in [2.24, 2.45) is 0 Å². The number of benzene rings is 1. The molecule has 1 heterocycles. The van der Waals surface area contributed by atoms with Crippen molar-refractivity contribution in [3.8, 4) is 6.07 Å². The standard InChI is InChI=1S/C14H16FN7O/c1-23-6-2-5-17-12-4-3-11(15)7-13(12)18-9-10(8-16)14-19-21-22-20-14/h3-4,7,9,17-18H,2,5-6H2,1H3,(H,19,20,21,22). The number of methoxy groups -OCH3 is 1. The average molecular weight is 317 g/mol. The summed E-state index contributed by atoms with van der Waals surface area (Å²) in [5.41, 5.74) is 1.39. The van der Waals surface area contributed by atoms with Gasteiger partial charge in [0.1, 0.15) is 17.5 Å². The Labute approximate surface area is 132 Å². The number of nitriles is 1. The van der Waals surface area contributed by atoms with Crippen molar-refractivity contribution in [1.29, 1.82) is 5.26 Å². The number of tetrazole rings is 1. The Kier molecular flexibility index (Phi) is 6.02. The van der Waals surface area contributed by atoms with E-state index < -0.39 is 0 Å². The number of rotatable bonds is 8. The normalized spacial score (nSPS) is 11.1. The van der Waals surface area contributed by atoms with Crippen LogP contribution in [0, 0.1) is 17.1 Å². The van der Waals surface area contributed by atoms with Crippen molar-refractivity contribution in [2.75, 3.05) is 30.9 Å². The van der Waals surface area contributed by atoms with Crippen LogP contribution in [0.25, 0.3) is 5.57 Å². The van der Waals surface area contributed by atoms with E-state index in [0.29, 0.717) is 24.5 Å². The monoisotopic (exact) mass is 317 g/mol. The number of allylic oxidation sites excluding steroid dienone is 1. The van der Waals surface area contributed by atoms with Crippen LogP contribution in [0.15, 0.2) is 24.4 Å². The van der Waals surface area contributed by atoms with Crippen molar-refractivity contribution in [1.82, 2.24) is 20.6 Å². The van der Waals surface area contributed by atoms with E-state index in [1.54, 1.807) is 13.2 Å². The van der Waals surface area contributed by atoms with Crippen molar-refractivity contribution in [2.45, 2.75) is 6.42 Å². The van der Waals surface area contributed by atoms with Crippen LogP contribution in [0.4, 0.5) is 15.8 Å². The number of halogens is 1. The van der Waals surface area contributed by atoms with Crippen LogP contribution in [0.5, 0.6) is 0 Å². The predicted octanol–water partition coefficient (Wildman–Crippen LogP) is 1.76. The molecule has 0 bridgehead atoms. The number of ether oxygens (including phenoxy) is 1. The molecule has 0 fully saturated rings. The smallest absolute Gasteiger partial charge is 0.216 e. The molecule has 0 saturated heterocycles. The summed E-state index contributed by atoms with van der Waals surface area (Å²) >= 11 is 0. The molecule has 23 heavy (non-hydrogen) atoms. The van der Waals surface area contributed by atoms with Crippen molar-refractivity contribution in [3.63, 3.8) is 0 Å². The quantitative estimate of drug-likeness (QED) is 0.502. The van der Waals surface area contributed by atoms with Gasteiger partial charge in [-0.3, -0.25) is 0 Å². The average Bonchev–Trinajstić information content (AvgIpc) is 3.08. The SMILES string of the molecule is COCCCNc1ccc(F)cc1NC=C(C#N)c1nn[nH]n1. The fourth-order valence-corrected chi connectivity index (χ4v) is 1.80. The fourth-order valence-electron chi connectivity index (χ4n) is 1.80. The Morgan fingerprint density at radius 3 is 3.04 bits per heavy atom. The van der Waals surface area contributed by atoms with Gasteiger partial charge in [0, 0.05) is 26.5 Å². The molecule has 8 nitrogen and oxygen atoms in total. The number of aromatic nitrogens is 4. The number of H-pyrrole nitrogens is 1. The Morgan fingerprint density at radius 2 is 2.35 bits per heavy atom. The minimum Gasteiger partial charge on any atom is -0.385 e. The topological polar surface area (TPSA) is 112 Å². The largest absolute Gasteiger partial charge is 0.385 e. The van der Waals surface area contributed by atoms with Crippen LogP contribution in [0.3, 0.4) is 0 Å². The maximum Gasteiger partial charge on any atom is 0.216 e. The van der Waals surface area contributed by atoms with Gasteiger partial charge in [-0.1, -0.05) is 0 Å². The second-order valence-corrected chi connectivity index (χ2v) is 4.51. The van der Waals surface area contributed by atoms with Crippen LogP contribution in [0.1, 0.15) is 12.2 Å². The summed E-state index contributed by atoms with van der Waals surface area (Å²) in [6, 6.07) is 6.27. The zero-order valence-electron chi connectivity index (χ0n) is 12.5. The number of hydrogen-bond donors (Lipinski definition) is 3.